The fraction of sp³-hybridized carbons (Fsp3) is 0.240. The smallest absolute Gasteiger partial charge is 0.257 e. The number of anilines is 1. The quantitative estimate of drug-likeness (QED) is 0.406. The fourth-order valence-corrected chi connectivity index (χ4v) is 4.02. The van der Waals surface area contributed by atoms with Crippen molar-refractivity contribution in [1.29, 1.82) is 0 Å². The first-order valence-electron chi connectivity index (χ1n) is 11.2. The number of ether oxygens (including phenoxy) is 2. The normalized spacial score (nSPS) is 13.0. The van der Waals surface area contributed by atoms with E-state index >= 15 is 0 Å². The van der Waals surface area contributed by atoms with E-state index in [1.165, 1.54) is 31.7 Å². The van der Waals surface area contributed by atoms with Crippen LogP contribution in [0, 0.1) is 5.82 Å². The molecule has 2 N–H and O–H groups in total. The molecule has 1 aliphatic heterocycles. The number of aromatic nitrogens is 4. The number of carbonyl (C=O) groups excluding carboxylic acids is 1. The summed E-state index contributed by atoms with van der Waals surface area (Å²) in [5, 5.41) is 6.08. The van der Waals surface area contributed by atoms with Gasteiger partial charge in [-0.2, -0.15) is 13.5 Å². The monoisotopic (exact) mass is 508 g/mol. The molecular weight excluding hydrogens is 483 g/mol. The number of nitrogens with zero attached hydrogens (tertiary/aromatic N) is 4. The van der Waals surface area contributed by atoms with Gasteiger partial charge in [0.25, 0.3) is 11.8 Å². The van der Waals surface area contributed by atoms with E-state index in [0.717, 1.165) is 11.1 Å². The minimum Gasteiger partial charge on any atom is -0.484 e. The molecule has 4 aromatic rings. The molecule has 1 atom stereocenters. The van der Waals surface area contributed by atoms with Gasteiger partial charge < -0.3 is 20.1 Å². The molecule has 11 heteroatoms. The number of amides is 1. The van der Waals surface area contributed by atoms with Gasteiger partial charge in [-0.1, -0.05) is 13.0 Å². The number of nitrogens with one attached hydrogen (secondary N) is 2. The van der Waals surface area contributed by atoms with Crippen molar-refractivity contribution < 1.29 is 18.7 Å². The predicted molar refractivity (Wildman–Crippen MR) is 139 cm³/mol. The summed E-state index contributed by atoms with van der Waals surface area (Å²) in [5.74, 6) is 0.788. The van der Waals surface area contributed by atoms with Crippen molar-refractivity contribution in [2.45, 2.75) is 12.8 Å². The number of benzene rings is 1. The molecule has 0 radical (unpaired) electrons. The summed E-state index contributed by atoms with van der Waals surface area (Å²) < 4.78 is 25.8. The predicted octanol–water partition coefficient (Wildman–Crippen LogP) is 3.69. The van der Waals surface area contributed by atoms with Crippen molar-refractivity contribution in [2.75, 3.05) is 32.1 Å². The average Bonchev–Trinajstić information content (AvgIpc) is 2.91. The summed E-state index contributed by atoms with van der Waals surface area (Å²) in [6.07, 6.45) is 4.68. The Morgan fingerprint density at radius 2 is 1.94 bits per heavy atom. The Labute approximate surface area is 214 Å². The molecular formula is C25H25FN6O3S. The lowest BCUT2D eigenvalue weighted by Gasteiger charge is -2.18. The highest BCUT2D eigenvalue weighted by Crippen LogP contribution is 2.32. The molecule has 0 bridgehead atoms. The van der Waals surface area contributed by atoms with Crippen LogP contribution >= 0.6 is 13.5 Å². The summed E-state index contributed by atoms with van der Waals surface area (Å²) in [7, 11) is 1.51. The number of halogens is 1. The molecule has 0 saturated heterocycles. The maximum Gasteiger partial charge on any atom is 0.257 e. The Morgan fingerprint density at radius 3 is 2.78 bits per heavy atom. The van der Waals surface area contributed by atoms with Crippen LogP contribution in [-0.2, 0) is 0 Å². The van der Waals surface area contributed by atoms with Crippen LogP contribution in [0.25, 0.3) is 22.2 Å². The van der Waals surface area contributed by atoms with Crippen molar-refractivity contribution in [3.63, 3.8) is 0 Å². The van der Waals surface area contributed by atoms with Gasteiger partial charge >= 0.3 is 0 Å². The van der Waals surface area contributed by atoms with Gasteiger partial charge in [-0.25, -0.2) is 19.3 Å². The first kappa shape index (κ1) is 25.1. The molecule has 4 heterocycles. The van der Waals surface area contributed by atoms with Crippen LogP contribution in [0.1, 0.15) is 28.8 Å². The van der Waals surface area contributed by atoms with Crippen LogP contribution in [0.15, 0.2) is 49.1 Å². The largest absolute Gasteiger partial charge is 0.484 e. The molecule has 0 aliphatic carbocycles. The lowest BCUT2D eigenvalue weighted by Crippen LogP contribution is -2.19. The second-order valence-electron chi connectivity index (χ2n) is 8.09. The minimum atomic E-state index is -0.482. The number of hydrogen-bond acceptors (Lipinski definition) is 8. The van der Waals surface area contributed by atoms with Crippen LogP contribution in [0.3, 0.4) is 0 Å². The highest BCUT2D eigenvalue weighted by molar-refractivity contribution is 7.59. The van der Waals surface area contributed by atoms with Gasteiger partial charge in [0.1, 0.15) is 31.2 Å². The second kappa shape index (κ2) is 10.7. The van der Waals surface area contributed by atoms with Crippen molar-refractivity contribution in [2.24, 2.45) is 0 Å². The zero-order valence-electron chi connectivity index (χ0n) is 19.7. The zero-order chi connectivity index (χ0) is 24.4. The van der Waals surface area contributed by atoms with E-state index in [9.17, 15) is 9.18 Å². The van der Waals surface area contributed by atoms with E-state index in [1.807, 2.05) is 19.1 Å². The lowest BCUT2D eigenvalue weighted by atomic mass is 9.95. The molecule has 9 nitrogen and oxygen atoms in total. The van der Waals surface area contributed by atoms with Gasteiger partial charge in [0.05, 0.1) is 16.8 Å². The van der Waals surface area contributed by atoms with Gasteiger partial charge in [-0.05, 0) is 23.8 Å². The Morgan fingerprint density at radius 1 is 1.11 bits per heavy atom. The molecule has 186 valence electrons. The second-order valence-corrected chi connectivity index (χ2v) is 8.09. The molecule has 1 aliphatic rings. The van der Waals surface area contributed by atoms with Crippen LogP contribution in [0.2, 0.25) is 0 Å². The lowest BCUT2D eigenvalue weighted by molar-refractivity contribution is 0.0964. The molecule has 0 spiro atoms. The maximum absolute atomic E-state index is 14.7. The number of hydrogen-bond donors (Lipinski definition) is 2. The zero-order valence-corrected chi connectivity index (χ0v) is 20.7. The Bertz CT molecular complexity index is 1420. The van der Waals surface area contributed by atoms with Crippen molar-refractivity contribution in [3.8, 4) is 22.9 Å². The van der Waals surface area contributed by atoms with Crippen molar-refractivity contribution in [3.05, 3.63) is 66.0 Å². The van der Waals surface area contributed by atoms with Crippen molar-refractivity contribution >= 4 is 36.1 Å². The third kappa shape index (κ3) is 4.87. The highest BCUT2D eigenvalue weighted by atomic mass is 32.1. The number of fused-ring (bicyclic) bond motifs is 2. The topological polar surface area (TPSA) is 111 Å². The van der Waals surface area contributed by atoms with Gasteiger partial charge in [-0.3, -0.25) is 9.78 Å². The van der Waals surface area contributed by atoms with Crippen LogP contribution in [-0.4, -0.2) is 52.6 Å². The van der Waals surface area contributed by atoms with E-state index in [0.29, 0.717) is 48.4 Å². The van der Waals surface area contributed by atoms with E-state index < -0.39 is 5.82 Å². The van der Waals surface area contributed by atoms with Crippen LogP contribution < -0.4 is 20.1 Å². The summed E-state index contributed by atoms with van der Waals surface area (Å²) >= 11 is 0. The number of carbonyl (C=O) groups is 1. The molecule has 0 saturated carbocycles. The minimum absolute atomic E-state index is 0. The standard InChI is InChI=1S/C25H23FN6O3.H2S/c1-14(16-3-4-18(26)22-17(24(33)27-2)5-6-28-23(16)22)11-29-21-10-19(31-13-32-21)15-9-20-25(30-12-15)35-8-7-34-20;/h3-6,9-10,12-14H,7-8,11H2,1-2H3,(H,27,33)(H,29,31,32);1H2/t14-;/m1./s1. The average molecular weight is 509 g/mol. The summed E-state index contributed by atoms with van der Waals surface area (Å²) in [4.78, 5) is 29.6. The van der Waals surface area contributed by atoms with E-state index in [-0.39, 0.29) is 36.3 Å². The third-order valence-corrected chi connectivity index (χ3v) is 5.83. The Kier molecular flexibility index (Phi) is 7.49. The number of pyridine rings is 2. The molecule has 5 rings (SSSR count). The first-order valence-corrected chi connectivity index (χ1v) is 11.2. The van der Waals surface area contributed by atoms with E-state index in [2.05, 4.69) is 30.6 Å². The number of rotatable bonds is 6. The first-order chi connectivity index (χ1) is 17.0. The van der Waals surface area contributed by atoms with Gasteiger partial charge in [0.2, 0.25) is 0 Å². The van der Waals surface area contributed by atoms with Crippen LogP contribution in [0.4, 0.5) is 10.2 Å². The van der Waals surface area contributed by atoms with Gasteiger partial charge in [-0.15, -0.1) is 0 Å². The highest BCUT2D eigenvalue weighted by Gasteiger charge is 2.19. The maximum atomic E-state index is 14.7. The Balaban J connectivity index is 0.00000304. The molecule has 1 aromatic carbocycles. The molecule has 3 aromatic heterocycles. The van der Waals surface area contributed by atoms with Gasteiger partial charge in [0, 0.05) is 48.9 Å². The molecule has 0 unspecified atom stereocenters. The summed E-state index contributed by atoms with van der Waals surface area (Å²) in [6.45, 7) is 3.46. The van der Waals surface area contributed by atoms with Crippen molar-refractivity contribution in [1.82, 2.24) is 25.3 Å². The van der Waals surface area contributed by atoms with E-state index in [1.54, 1.807) is 12.3 Å². The van der Waals surface area contributed by atoms with Gasteiger partial charge in [0.15, 0.2) is 5.75 Å². The molecule has 1 amide bonds. The summed E-state index contributed by atoms with van der Waals surface area (Å²) in [6, 6.07) is 8.27. The molecule has 0 fully saturated rings. The van der Waals surface area contributed by atoms with Crippen LogP contribution in [0.5, 0.6) is 11.6 Å². The molecule has 36 heavy (non-hydrogen) atoms. The fourth-order valence-electron chi connectivity index (χ4n) is 4.02. The third-order valence-electron chi connectivity index (χ3n) is 5.83. The SMILES string of the molecule is CNC(=O)c1ccnc2c([C@H](C)CNc3cc(-c4cnc5c(c4)OCCO5)ncn3)ccc(F)c12.S. The Hall–Kier alpha value is -3.99. The summed E-state index contributed by atoms with van der Waals surface area (Å²) in [5.41, 5.74) is 3.01. The van der Waals surface area contributed by atoms with E-state index in [4.69, 9.17) is 9.47 Å².